The molecule has 0 aliphatic heterocycles. The molecule has 0 saturated carbocycles. The fourth-order valence-electron chi connectivity index (χ4n) is 2.23. The van der Waals surface area contributed by atoms with Gasteiger partial charge in [0.05, 0.1) is 0 Å². The Balaban J connectivity index is 1.90. The second-order valence-electron chi connectivity index (χ2n) is 4.87. The number of benzene rings is 1. The predicted octanol–water partition coefficient (Wildman–Crippen LogP) is 4.11. The van der Waals surface area contributed by atoms with Crippen LogP contribution in [0.3, 0.4) is 0 Å². The summed E-state index contributed by atoms with van der Waals surface area (Å²) in [5.74, 6) is 0. The summed E-state index contributed by atoms with van der Waals surface area (Å²) in [4.78, 5) is 12.9. The maximum Gasteiger partial charge on any atom is 0.336 e. The molecule has 0 atom stereocenters. The second-order valence-corrected chi connectivity index (χ2v) is 6.31. The quantitative estimate of drug-likeness (QED) is 0.736. The molecule has 3 rings (SSSR count). The number of fused-ring (bicyclic) bond motifs is 1. The van der Waals surface area contributed by atoms with E-state index in [0.717, 1.165) is 23.1 Å². The summed E-state index contributed by atoms with van der Waals surface area (Å²) >= 11 is 7.88. The summed E-state index contributed by atoms with van der Waals surface area (Å²) in [6.07, 6.45) is 0. The van der Waals surface area contributed by atoms with Gasteiger partial charge in [-0.05, 0) is 41.6 Å². The molecule has 2 heterocycles. The van der Waals surface area contributed by atoms with Crippen LogP contribution in [0.25, 0.3) is 11.0 Å². The number of halogens is 1. The monoisotopic (exact) mass is 319 g/mol. The molecule has 0 aliphatic carbocycles. The van der Waals surface area contributed by atoms with Crippen molar-refractivity contribution in [2.45, 2.75) is 20.0 Å². The molecule has 2 aromatic heterocycles. The molecule has 0 bridgehead atoms. The fourth-order valence-corrected chi connectivity index (χ4v) is 3.07. The minimum atomic E-state index is -0.336. The SMILES string of the molecule is Cc1cc2oc(=O)cc(CNCc3cccs3)c2cc1Cl. The van der Waals surface area contributed by atoms with Crippen molar-refractivity contribution in [2.24, 2.45) is 0 Å². The van der Waals surface area contributed by atoms with Gasteiger partial charge in [0.2, 0.25) is 0 Å². The highest BCUT2D eigenvalue weighted by molar-refractivity contribution is 7.09. The van der Waals surface area contributed by atoms with Gasteiger partial charge in [-0.2, -0.15) is 0 Å². The first-order valence-corrected chi connectivity index (χ1v) is 7.85. The molecule has 3 nitrogen and oxygen atoms in total. The maximum atomic E-state index is 11.7. The molecule has 21 heavy (non-hydrogen) atoms. The number of nitrogens with one attached hydrogen (secondary N) is 1. The van der Waals surface area contributed by atoms with Crippen molar-refractivity contribution < 1.29 is 4.42 Å². The number of thiophene rings is 1. The highest BCUT2D eigenvalue weighted by atomic mass is 35.5. The predicted molar refractivity (Wildman–Crippen MR) is 87.1 cm³/mol. The summed E-state index contributed by atoms with van der Waals surface area (Å²) in [7, 11) is 0. The van der Waals surface area contributed by atoms with Gasteiger partial charge >= 0.3 is 5.63 Å². The van der Waals surface area contributed by atoms with Gasteiger partial charge in [-0.15, -0.1) is 11.3 Å². The summed E-state index contributed by atoms with van der Waals surface area (Å²) in [6.45, 7) is 3.27. The van der Waals surface area contributed by atoms with E-state index in [2.05, 4.69) is 11.4 Å². The summed E-state index contributed by atoms with van der Waals surface area (Å²) in [6, 6.07) is 9.29. The molecule has 1 N–H and O–H groups in total. The van der Waals surface area contributed by atoms with Gasteiger partial charge in [0.25, 0.3) is 0 Å². The van der Waals surface area contributed by atoms with Gasteiger partial charge in [0.1, 0.15) is 5.58 Å². The van der Waals surface area contributed by atoms with E-state index in [-0.39, 0.29) is 5.63 Å². The molecular formula is C16H14ClNO2S. The largest absolute Gasteiger partial charge is 0.423 e. The van der Waals surface area contributed by atoms with Crippen LogP contribution in [0.4, 0.5) is 0 Å². The minimum Gasteiger partial charge on any atom is -0.423 e. The Morgan fingerprint density at radius 1 is 1.29 bits per heavy atom. The summed E-state index contributed by atoms with van der Waals surface area (Å²) in [5, 5.41) is 6.95. The van der Waals surface area contributed by atoms with E-state index < -0.39 is 0 Å². The second kappa shape index (κ2) is 6.02. The lowest BCUT2D eigenvalue weighted by molar-refractivity contribution is 0.556. The third-order valence-electron chi connectivity index (χ3n) is 3.30. The Hall–Kier alpha value is -1.62. The Bertz CT molecular complexity index is 824. The number of rotatable bonds is 4. The van der Waals surface area contributed by atoms with E-state index in [9.17, 15) is 4.79 Å². The summed E-state index contributed by atoms with van der Waals surface area (Å²) in [5.41, 5.74) is 2.05. The summed E-state index contributed by atoms with van der Waals surface area (Å²) < 4.78 is 5.25. The van der Waals surface area contributed by atoms with Gasteiger partial charge in [0.15, 0.2) is 0 Å². The fraction of sp³-hybridized carbons (Fsp3) is 0.188. The van der Waals surface area contributed by atoms with Crippen molar-refractivity contribution in [3.8, 4) is 0 Å². The van der Waals surface area contributed by atoms with Crippen molar-refractivity contribution in [2.75, 3.05) is 0 Å². The molecule has 0 spiro atoms. The molecule has 0 aliphatic rings. The zero-order valence-corrected chi connectivity index (χ0v) is 13.1. The molecular weight excluding hydrogens is 306 g/mol. The van der Waals surface area contributed by atoms with Crippen LogP contribution in [0, 0.1) is 6.92 Å². The van der Waals surface area contributed by atoms with Crippen LogP contribution in [0.1, 0.15) is 16.0 Å². The van der Waals surface area contributed by atoms with Gasteiger partial charge in [-0.3, -0.25) is 0 Å². The molecule has 0 saturated heterocycles. The average Bonchev–Trinajstić information content (AvgIpc) is 2.94. The van der Waals surface area contributed by atoms with Gasteiger partial charge in [0, 0.05) is 34.4 Å². The van der Waals surface area contributed by atoms with Crippen LogP contribution in [0.15, 0.2) is 44.9 Å². The highest BCUT2D eigenvalue weighted by Crippen LogP contribution is 2.25. The lowest BCUT2D eigenvalue weighted by atomic mass is 10.1. The topological polar surface area (TPSA) is 42.2 Å². The highest BCUT2D eigenvalue weighted by Gasteiger charge is 2.08. The smallest absolute Gasteiger partial charge is 0.336 e. The van der Waals surface area contributed by atoms with Crippen LogP contribution >= 0.6 is 22.9 Å². The Morgan fingerprint density at radius 3 is 2.90 bits per heavy atom. The lowest BCUT2D eigenvalue weighted by Crippen LogP contribution is -2.14. The normalized spacial score (nSPS) is 11.1. The number of hydrogen-bond donors (Lipinski definition) is 1. The first-order valence-electron chi connectivity index (χ1n) is 6.59. The van der Waals surface area contributed by atoms with E-state index >= 15 is 0 Å². The van der Waals surface area contributed by atoms with E-state index in [4.69, 9.17) is 16.0 Å². The Labute approximate surface area is 131 Å². The van der Waals surface area contributed by atoms with Crippen molar-refractivity contribution in [3.05, 3.63) is 67.2 Å². The zero-order chi connectivity index (χ0) is 14.8. The number of hydrogen-bond acceptors (Lipinski definition) is 4. The van der Waals surface area contributed by atoms with E-state index in [1.807, 2.05) is 30.5 Å². The van der Waals surface area contributed by atoms with Crippen LogP contribution < -0.4 is 10.9 Å². The lowest BCUT2D eigenvalue weighted by Gasteiger charge is -2.08. The third kappa shape index (κ3) is 3.18. The van der Waals surface area contributed by atoms with E-state index in [1.54, 1.807) is 11.3 Å². The molecule has 0 fully saturated rings. The standard InChI is InChI=1S/C16H14ClNO2S/c1-10-5-15-13(7-14(10)17)11(6-16(19)20-15)8-18-9-12-3-2-4-21-12/h2-7,18H,8-9H2,1H3. The van der Waals surface area contributed by atoms with Crippen molar-refractivity contribution in [3.63, 3.8) is 0 Å². The van der Waals surface area contributed by atoms with Gasteiger partial charge < -0.3 is 9.73 Å². The molecule has 0 radical (unpaired) electrons. The Kier molecular flexibility index (Phi) is 4.10. The first kappa shape index (κ1) is 14.3. The van der Waals surface area contributed by atoms with Crippen molar-refractivity contribution in [1.82, 2.24) is 5.32 Å². The molecule has 1 aromatic carbocycles. The maximum absolute atomic E-state index is 11.7. The van der Waals surface area contributed by atoms with Crippen molar-refractivity contribution >= 4 is 33.9 Å². The Morgan fingerprint density at radius 2 is 2.14 bits per heavy atom. The van der Waals surface area contributed by atoms with Gasteiger partial charge in [-0.1, -0.05) is 17.7 Å². The van der Waals surface area contributed by atoms with E-state index in [1.165, 1.54) is 10.9 Å². The zero-order valence-electron chi connectivity index (χ0n) is 11.5. The molecule has 0 unspecified atom stereocenters. The van der Waals surface area contributed by atoms with Crippen LogP contribution in [0.2, 0.25) is 5.02 Å². The molecule has 3 aromatic rings. The third-order valence-corrected chi connectivity index (χ3v) is 4.59. The molecule has 0 amide bonds. The first-order chi connectivity index (χ1) is 10.1. The van der Waals surface area contributed by atoms with Gasteiger partial charge in [-0.25, -0.2) is 4.79 Å². The van der Waals surface area contributed by atoms with E-state index in [0.29, 0.717) is 17.2 Å². The average molecular weight is 320 g/mol. The minimum absolute atomic E-state index is 0.336. The van der Waals surface area contributed by atoms with Crippen LogP contribution in [-0.2, 0) is 13.1 Å². The van der Waals surface area contributed by atoms with Crippen molar-refractivity contribution in [1.29, 1.82) is 0 Å². The molecule has 108 valence electrons. The van der Waals surface area contributed by atoms with Crippen LogP contribution in [-0.4, -0.2) is 0 Å². The van der Waals surface area contributed by atoms with Crippen LogP contribution in [0.5, 0.6) is 0 Å². The number of aryl methyl sites for hydroxylation is 1. The molecule has 5 heteroatoms.